The second-order valence-corrected chi connectivity index (χ2v) is 8.34. The molecule has 0 bridgehead atoms. The quantitative estimate of drug-likeness (QED) is 0.351. The van der Waals surface area contributed by atoms with Crippen LogP contribution in [-0.2, 0) is 6.54 Å². The van der Waals surface area contributed by atoms with E-state index in [-0.39, 0.29) is 11.6 Å². The van der Waals surface area contributed by atoms with Crippen molar-refractivity contribution in [3.8, 4) is 0 Å². The van der Waals surface area contributed by atoms with Crippen LogP contribution in [-0.4, -0.2) is 22.8 Å². The van der Waals surface area contributed by atoms with E-state index in [1.807, 2.05) is 36.4 Å². The fourth-order valence-corrected chi connectivity index (χ4v) is 2.81. The zero-order chi connectivity index (χ0) is 21.2. The average Bonchev–Trinajstić information content (AvgIpc) is 2.71. The van der Waals surface area contributed by atoms with Crippen LogP contribution in [0.25, 0.3) is 0 Å². The molecule has 0 fully saturated rings. The fraction of sp³-hybridized carbons (Fsp3) is 0.440. The third kappa shape index (κ3) is 8.10. The summed E-state index contributed by atoms with van der Waals surface area (Å²) in [7, 11) is 0. The number of aliphatic imine (C=N–C) groups is 1. The number of benzene rings is 1. The molecule has 29 heavy (non-hydrogen) atoms. The van der Waals surface area contributed by atoms with Gasteiger partial charge in [-0.3, -0.25) is 19.6 Å². The van der Waals surface area contributed by atoms with Crippen molar-refractivity contribution in [3.05, 3.63) is 65.0 Å². The molecule has 0 aliphatic rings. The van der Waals surface area contributed by atoms with Gasteiger partial charge in [0, 0.05) is 36.4 Å². The zero-order valence-electron chi connectivity index (χ0n) is 18.0. The SMILES string of the molecule is CC(C)CCC(=O)c1ccc(C=NCc2ccc(C(=O)CCC(C)C)cn2)cc1. The maximum Gasteiger partial charge on any atom is 0.164 e. The molecule has 1 heterocycles. The molecule has 0 unspecified atom stereocenters. The van der Waals surface area contributed by atoms with Gasteiger partial charge in [0.05, 0.1) is 12.2 Å². The van der Waals surface area contributed by atoms with E-state index < -0.39 is 0 Å². The standard InChI is InChI=1S/C25H32N2O2/c1-18(2)5-13-24(28)21-9-7-20(8-10-21)15-26-17-23-12-11-22(16-27-23)25(29)14-6-19(3)4/h7-12,15-16,18-19H,5-6,13-14,17H2,1-4H3. The molecule has 0 saturated heterocycles. The van der Waals surface area contributed by atoms with Crippen LogP contribution in [0, 0.1) is 11.8 Å². The summed E-state index contributed by atoms with van der Waals surface area (Å²) in [6.07, 6.45) is 6.39. The first-order chi connectivity index (χ1) is 13.8. The number of nitrogens with zero attached hydrogens (tertiary/aromatic N) is 2. The molecule has 0 saturated carbocycles. The fourth-order valence-electron chi connectivity index (χ4n) is 2.81. The number of hydrogen-bond acceptors (Lipinski definition) is 4. The number of hydrogen-bond donors (Lipinski definition) is 0. The van der Waals surface area contributed by atoms with Crippen LogP contribution in [0.4, 0.5) is 0 Å². The number of pyridine rings is 1. The lowest BCUT2D eigenvalue weighted by Gasteiger charge is -2.04. The van der Waals surface area contributed by atoms with Crippen LogP contribution >= 0.6 is 0 Å². The van der Waals surface area contributed by atoms with Gasteiger partial charge in [-0.25, -0.2) is 0 Å². The number of carbonyl (C=O) groups excluding carboxylic acids is 2. The largest absolute Gasteiger partial charge is 0.294 e. The molecule has 1 aromatic heterocycles. The summed E-state index contributed by atoms with van der Waals surface area (Å²) >= 11 is 0. The summed E-state index contributed by atoms with van der Waals surface area (Å²) in [6.45, 7) is 8.94. The molecule has 0 N–H and O–H groups in total. The minimum absolute atomic E-state index is 0.143. The van der Waals surface area contributed by atoms with Gasteiger partial charge in [0.1, 0.15) is 0 Å². The number of carbonyl (C=O) groups is 2. The lowest BCUT2D eigenvalue weighted by Crippen LogP contribution is -2.02. The van der Waals surface area contributed by atoms with Crippen LogP contribution in [0.15, 0.2) is 47.6 Å². The number of ketones is 2. The Bertz CT molecular complexity index is 819. The van der Waals surface area contributed by atoms with E-state index in [0.29, 0.717) is 36.8 Å². The molecule has 2 aromatic rings. The van der Waals surface area contributed by atoms with E-state index in [1.165, 1.54) is 0 Å². The van der Waals surface area contributed by atoms with E-state index in [2.05, 4.69) is 37.7 Å². The van der Waals surface area contributed by atoms with Crippen LogP contribution in [0.5, 0.6) is 0 Å². The Kier molecular flexibility index (Phi) is 8.91. The van der Waals surface area contributed by atoms with E-state index >= 15 is 0 Å². The molecular weight excluding hydrogens is 360 g/mol. The van der Waals surface area contributed by atoms with E-state index in [4.69, 9.17) is 0 Å². The van der Waals surface area contributed by atoms with Gasteiger partial charge in [0.15, 0.2) is 11.6 Å². The van der Waals surface area contributed by atoms with Crippen molar-refractivity contribution in [1.29, 1.82) is 0 Å². The predicted octanol–water partition coefficient (Wildman–Crippen LogP) is 5.94. The molecule has 4 nitrogen and oxygen atoms in total. The second-order valence-electron chi connectivity index (χ2n) is 8.34. The second kappa shape index (κ2) is 11.4. The lowest BCUT2D eigenvalue weighted by molar-refractivity contribution is 0.0967. The van der Waals surface area contributed by atoms with Crippen molar-refractivity contribution in [2.75, 3.05) is 0 Å². The minimum atomic E-state index is 0.143. The lowest BCUT2D eigenvalue weighted by atomic mass is 10.0. The van der Waals surface area contributed by atoms with Crippen LogP contribution in [0.2, 0.25) is 0 Å². The average molecular weight is 393 g/mol. The first-order valence-corrected chi connectivity index (χ1v) is 10.5. The van der Waals surface area contributed by atoms with Gasteiger partial charge >= 0.3 is 0 Å². The molecule has 1 aromatic carbocycles. The molecule has 2 rings (SSSR count). The summed E-state index contributed by atoms with van der Waals surface area (Å²) < 4.78 is 0. The minimum Gasteiger partial charge on any atom is -0.294 e. The molecule has 4 heteroatoms. The highest BCUT2D eigenvalue weighted by Crippen LogP contribution is 2.12. The van der Waals surface area contributed by atoms with Crippen LogP contribution < -0.4 is 0 Å². The van der Waals surface area contributed by atoms with Crippen molar-refractivity contribution in [3.63, 3.8) is 0 Å². The van der Waals surface area contributed by atoms with Crippen molar-refractivity contribution >= 4 is 17.8 Å². The summed E-state index contributed by atoms with van der Waals surface area (Å²) in [5, 5.41) is 0. The van der Waals surface area contributed by atoms with Crippen molar-refractivity contribution in [2.24, 2.45) is 16.8 Å². The molecule has 0 spiro atoms. The van der Waals surface area contributed by atoms with Crippen LogP contribution in [0.3, 0.4) is 0 Å². The molecule has 0 aliphatic carbocycles. The first kappa shape index (κ1) is 22.7. The normalized spacial score (nSPS) is 11.5. The first-order valence-electron chi connectivity index (χ1n) is 10.5. The van der Waals surface area contributed by atoms with Gasteiger partial charge < -0.3 is 0 Å². The number of Topliss-reactive ketones (excluding diaryl/α,β-unsaturated/α-hetero) is 2. The molecule has 0 aliphatic heterocycles. The van der Waals surface area contributed by atoms with Crippen molar-refractivity contribution in [2.45, 2.75) is 59.9 Å². The monoisotopic (exact) mass is 392 g/mol. The zero-order valence-corrected chi connectivity index (χ0v) is 18.0. The topological polar surface area (TPSA) is 59.4 Å². The van der Waals surface area contributed by atoms with E-state index in [0.717, 1.165) is 29.7 Å². The molecular formula is C25H32N2O2. The Morgan fingerprint density at radius 2 is 1.41 bits per heavy atom. The van der Waals surface area contributed by atoms with Crippen molar-refractivity contribution in [1.82, 2.24) is 4.98 Å². The molecule has 0 atom stereocenters. The third-order valence-electron chi connectivity index (χ3n) is 4.77. The van der Waals surface area contributed by atoms with Gasteiger partial charge in [0.2, 0.25) is 0 Å². The van der Waals surface area contributed by atoms with Gasteiger partial charge in [-0.1, -0.05) is 52.0 Å². The Hall–Kier alpha value is -2.62. The summed E-state index contributed by atoms with van der Waals surface area (Å²) in [6, 6.07) is 11.2. The van der Waals surface area contributed by atoms with Crippen LogP contribution in [0.1, 0.15) is 85.4 Å². The van der Waals surface area contributed by atoms with Gasteiger partial charge in [-0.05, 0) is 42.4 Å². The highest BCUT2D eigenvalue weighted by molar-refractivity contribution is 5.97. The van der Waals surface area contributed by atoms with Crippen molar-refractivity contribution < 1.29 is 9.59 Å². The Morgan fingerprint density at radius 3 is 1.93 bits per heavy atom. The Balaban J connectivity index is 1.86. The summed E-state index contributed by atoms with van der Waals surface area (Å²) in [5.74, 6) is 1.39. The molecule has 0 amide bonds. The number of aromatic nitrogens is 1. The smallest absolute Gasteiger partial charge is 0.164 e. The highest BCUT2D eigenvalue weighted by Gasteiger charge is 2.08. The van der Waals surface area contributed by atoms with Gasteiger partial charge in [-0.2, -0.15) is 0 Å². The summed E-state index contributed by atoms with van der Waals surface area (Å²) in [4.78, 5) is 33.0. The highest BCUT2D eigenvalue weighted by atomic mass is 16.1. The maximum atomic E-state index is 12.1. The molecule has 0 radical (unpaired) electrons. The summed E-state index contributed by atoms with van der Waals surface area (Å²) in [5.41, 5.74) is 3.19. The Morgan fingerprint density at radius 1 is 0.862 bits per heavy atom. The number of rotatable bonds is 11. The van der Waals surface area contributed by atoms with Gasteiger partial charge in [-0.15, -0.1) is 0 Å². The maximum absolute atomic E-state index is 12.1. The van der Waals surface area contributed by atoms with Gasteiger partial charge in [0.25, 0.3) is 0 Å². The van der Waals surface area contributed by atoms with E-state index in [1.54, 1.807) is 12.4 Å². The third-order valence-corrected chi connectivity index (χ3v) is 4.77. The molecule has 154 valence electrons. The Labute approximate surface area is 174 Å². The predicted molar refractivity (Wildman–Crippen MR) is 119 cm³/mol. The van der Waals surface area contributed by atoms with E-state index in [9.17, 15) is 9.59 Å².